The smallest absolute Gasteiger partial charge is 0.176 e. The average Bonchev–Trinajstić information content (AvgIpc) is 3.38. The lowest BCUT2D eigenvalue weighted by atomic mass is 9.96. The van der Waals surface area contributed by atoms with Gasteiger partial charge in [0.2, 0.25) is 0 Å². The number of nitrogens with one attached hydrogen (secondary N) is 1. The highest BCUT2D eigenvalue weighted by molar-refractivity contribution is 5.68. The molecule has 0 bridgehead atoms. The van der Waals surface area contributed by atoms with Gasteiger partial charge in [-0.3, -0.25) is 14.8 Å². The molecule has 4 aromatic rings. The zero-order chi connectivity index (χ0) is 23.3. The van der Waals surface area contributed by atoms with Crippen molar-refractivity contribution in [3.63, 3.8) is 0 Å². The largest absolute Gasteiger partial charge is 0.390 e. The molecule has 34 heavy (non-hydrogen) atoms. The van der Waals surface area contributed by atoms with E-state index in [1.165, 1.54) is 11.1 Å². The number of hydrogen-bond donors (Lipinski definition) is 2. The number of nitrogens with zero attached hydrogens (tertiary/aromatic N) is 6. The summed E-state index contributed by atoms with van der Waals surface area (Å²) >= 11 is 0. The van der Waals surface area contributed by atoms with E-state index in [0.717, 1.165) is 37.3 Å². The van der Waals surface area contributed by atoms with Gasteiger partial charge in [0.25, 0.3) is 0 Å². The van der Waals surface area contributed by atoms with Crippen molar-refractivity contribution >= 4 is 11.2 Å². The molecule has 1 saturated heterocycles. The fourth-order valence-corrected chi connectivity index (χ4v) is 4.89. The van der Waals surface area contributed by atoms with Gasteiger partial charge in [0, 0.05) is 39.8 Å². The highest BCUT2D eigenvalue weighted by Crippen LogP contribution is 2.29. The highest BCUT2D eigenvalue weighted by atomic mass is 16.3. The maximum atomic E-state index is 10.8. The van der Waals surface area contributed by atoms with E-state index in [9.17, 15) is 5.11 Å². The van der Waals surface area contributed by atoms with Crippen LogP contribution >= 0.6 is 0 Å². The quantitative estimate of drug-likeness (QED) is 0.444. The maximum absolute atomic E-state index is 10.8. The Balaban J connectivity index is 1.23. The Bertz CT molecular complexity index is 1220. The van der Waals surface area contributed by atoms with Gasteiger partial charge in [-0.2, -0.15) is 0 Å². The summed E-state index contributed by atoms with van der Waals surface area (Å²) < 4.78 is 1.89. The van der Waals surface area contributed by atoms with Crippen LogP contribution in [0.3, 0.4) is 0 Å². The third kappa shape index (κ3) is 4.79. The fourth-order valence-electron chi connectivity index (χ4n) is 4.89. The van der Waals surface area contributed by atoms with Crippen LogP contribution in [-0.2, 0) is 6.54 Å². The van der Waals surface area contributed by atoms with E-state index in [0.29, 0.717) is 18.6 Å². The van der Waals surface area contributed by atoms with E-state index in [1.54, 1.807) is 19.7 Å². The molecule has 1 aliphatic rings. The number of benzene rings is 2. The zero-order valence-electron chi connectivity index (χ0n) is 19.5. The van der Waals surface area contributed by atoms with E-state index < -0.39 is 6.10 Å². The highest BCUT2D eigenvalue weighted by Gasteiger charge is 2.27. The Kier molecular flexibility index (Phi) is 6.80. The first-order valence-corrected chi connectivity index (χ1v) is 11.8. The number of aromatic amines is 1. The Morgan fingerprint density at radius 1 is 0.912 bits per heavy atom. The van der Waals surface area contributed by atoms with Crippen molar-refractivity contribution in [3.05, 3.63) is 89.9 Å². The number of hydrogen-bond acceptors (Lipinski definition) is 6. The van der Waals surface area contributed by atoms with Gasteiger partial charge in [0.05, 0.1) is 31.3 Å². The molecule has 2 aromatic carbocycles. The van der Waals surface area contributed by atoms with Crippen LogP contribution in [0.15, 0.2) is 78.3 Å². The van der Waals surface area contributed by atoms with Crippen molar-refractivity contribution in [1.82, 2.24) is 29.3 Å². The minimum absolute atomic E-state index is 0.242. The van der Waals surface area contributed by atoms with E-state index in [1.807, 2.05) is 4.57 Å². The number of rotatable bonds is 7. The molecule has 2 aromatic heterocycles. The van der Waals surface area contributed by atoms with Gasteiger partial charge in [-0.15, -0.1) is 0 Å². The molecular formula is C26H31N7O. The Morgan fingerprint density at radius 3 is 2.18 bits per heavy atom. The second-order valence-corrected chi connectivity index (χ2v) is 8.76. The average molecular weight is 458 g/mol. The minimum Gasteiger partial charge on any atom is -0.390 e. The number of β-amino-alcohol motifs (C(OH)–C–C–N with tert-alkyl or cyclic N) is 1. The van der Waals surface area contributed by atoms with Crippen molar-refractivity contribution < 1.29 is 5.11 Å². The van der Waals surface area contributed by atoms with Gasteiger partial charge < -0.3 is 14.7 Å². The molecule has 8 nitrogen and oxygen atoms in total. The summed E-state index contributed by atoms with van der Waals surface area (Å²) in [5, 5.41) is 10.8. The number of fused-ring (bicyclic) bond motifs is 1. The number of aliphatic hydroxyl groups excluding tert-OH is 1. The molecule has 176 valence electrons. The normalized spacial score (nSPS) is 17.0. The van der Waals surface area contributed by atoms with Gasteiger partial charge in [-0.05, 0) is 11.1 Å². The Hall–Kier alpha value is -3.33. The number of aromatic nitrogens is 4. The summed E-state index contributed by atoms with van der Waals surface area (Å²) in [5.74, 6) is 0. The van der Waals surface area contributed by atoms with Gasteiger partial charge in [-0.25, -0.2) is 9.97 Å². The summed E-state index contributed by atoms with van der Waals surface area (Å²) in [4.78, 5) is 20.9. The molecule has 0 aliphatic carbocycles. The molecule has 1 unspecified atom stereocenters. The van der Waals surface area contributed by atoms with Crippen LogP contribution in [0.4, 0.5) is 0 Å². The minimum atomic E-state index is -0.512. The molecule has 0 amide bonds. The van der Waals surface area contributed by atoms with E-state index in [2.05, 4.69) is 90.4 Å². The summed E-state index contributed by atoms with van der Waals surface area (Å²) in [7, 11) is 1.71. The van der Waals surface area contributed by atoms with Gasteiger partial charge >= 0.3 is 0 Å². The van der Waals surface area contributed by atoms with Crippen molar-refractivity contribution in [3.8, 4) is 0 Å². The first-order chi connectivity index (χ1) is 16.7. The van der Waals surface area contributed by atoms with Crippen LogP contribution in [0, 0.1) is 0 Å². The van der Waals surface area contributed by atoms with E-state index in [-0.39, 0.29) is 6.04 Å². The van der Waals surface area contributed by atoms with E-state index >= 15 is 0 Å². The van der Waals surface area contributed by atoms with Crippen molar-refractivity contribution in [2.24, 2.45) is 4.99 Å². The first-order valence-electron chi connectivity index (χ1n) is 11.8. The predicted molar refractivity (Wildman–Crippen MR) is 132 cm³/mol. The molecule has 2 N–H and O–H groups in total. The van der Waals surface area contributed by atoms with Crippen molar-refractivity contribution in [2.75, 3.05) is 39.8 Å². The lowest BCUT2D eigenvalue weighted by Crippen LogP contribution is -2.50. The molecule has 1 fully saturated rings. The topological polar surface area (TPSA) is 85.6 Å². The molecule has 8 heteroatoms. The van der Waals surface area contributed by atoms with Gasteiger partial charge in [-0.1, -0.05) is 60.7 Å². The fraction of sp³-hybridized carbons (Fsp3) is 0.346. The van der Waals surface area contributed by atoms with Gasteiger partial charge in [0.1, 0.15) is 5.52 Å². The van der Waals surface area contributed by atoms with E-state index in [4.69, 9.17) is 0 Å². The lowest BCUT2D eigenvalue weighted by molar-refractivity contribution is 0.0558. The molecule has 0 saturated carbocycles. The Labute approximate surface area is 199 Å². The second-order valence-electron chi connectivity index (χ2n) is 8.76. The van der Waals surface area contributed by atoms with Gasteiger partial charge in [0.15, 0.2) is 11.1 Å². The SMILES string of the molecule is CN=c1ncn(CC(O)CN2CCN(C(c3ccccc3)c3ccccc3)CC2)c2nc[nH]c12. The lowest BCUT2D eigenvalue weighted by Gasteiger charge is -2.40. The number of imidazole rings is 1. The molecule has 1 aliphatic heterocycles. The standard InChI is InChI=1S/C26H31N7O/c1-27-25-23-26(29-18-28-23)33(19-30-25)17-22(34)16-31-12-14-32(15-13-31)24(20-8-4-2-5-9-20)21-10-6-3-7-11-21/h2-11,18-19,22,24,34H,12-17H2,1H3,(H,28,29). The van der Waals surface area contributed by atoms with Crippen LogP contribution in [0.5, 0.6) is 0 Å². The Morgan fingerprint density at radius 2 is 1.56 bits per heavy atom. The zero-order valence-corrected chi connectivity index (χ0v) is 19.5. The van der Waals surface area contributed by atoms with Crippen LogP contribution in [-0.4, -0.2) is 80.3 Å². The third-order valence-electron chi connectivity index (χ3n) is 6.53. The van der Waals surface area contributed by atoms with Crippen molar-refractivity contribution in [2.45, 2.75) is 18.7 Å². The van der Waals surface area contributed by atoms with Crippen LogP contribution in [0.1, 0.15) is 17.2 Å². The molecule has 0 spiro atoms. The maximum Gasteiger partial charge on any atom is 0.176 e. The van der Waals surface area contributed by atoms with Crippen LogP contribution in [0.25, 0.3) is 11.2 Å². The predicted octanol–water partition coefficient (Wildman–Crippen LogP) is 2.06. The first kappa shape index (κ1) is 22.5. The van der Waals surface area contributed by atoms with Crippen LogP contribution in [0.2, 0.25) is 0 Å². The summed E-state index contributed by atoms with van der Waals surface area (Å²) in [6.07, 6.45) is 2.83. The second kappa shape index (κ2) is 10.3. The molecule has 0 radical (unpaired) electrons. The number of H-pyrrole nitrogens is 1. The number of aliphatic hydroxyl groups is 1. The third-order valence-corrected chi connectivity index (χ3v) is 6.53. The van der Waals surface area contributed by atoms with Crippen LogP contribution < -0.4 is 5.49 Å². The molecule has 5 rings (SSSR count). The summed E-state index contributed by atoms with van der Waals surface area (Å²) in [6.45, 7) is 4.80. The summed E-state index contributed by atoms with van der Waals surface area (Å²) in [5.41, 5.74) is 4.81. The molecular weight excluding hydrogens is 426 g/mol. The van der Waals surface area contributed by atoms with Crippen molar-refractivity contribution in [1.29, 1.82) is 0 Å². The number of piperazine rings is 1. The molecule has 3 heterocycles. The summed E-state index contributed by atoms with van der Waals surface area (Å²) in [6, 6.07) is 21.7. The monoisotopic (exact) mass is 457 g/mol. The molecule has 1 atom stereocenters.